The maximum Gasteiger partial charge on any atom is 0.294 e. The normalized spacial score (nSPS) is 30.1. The summed E-state index contributed by atoms with van der Waals surface area (Å²) in [5, 5.41) is 14.5. The predicted molar refractivity (Wildman–Crippen MR) is 110 cm³/mol. The summed E-state index contributed by atoms with van der Waals surface area (Å²) in [6.07, 6.45) is 0.221. The van der Waals surface area contributed by atoms with Crippen molar-refractivity contribution in [2.75, 3.05) is 42.9 Å². The van der Waals surface area contributed by atoms with E-state index in [2.05, 4.69) is 5.32 Å². The van der Waals surface area contributed by atoms with Gasteiger partial charge in [-0.1, -0.05) is 0 Å². The topological polar surface area (TPSA) is 98.4 Å². The Hall–Kier alpha value is -2.23. The van der Waals surface area contributed by atoms with Gasteiger partial charge in [-0.15, -0.1) is 0 Å². The molecule has 29 heavy (non-hydrogen) atoms. The Kier molecular flexibility index (Phi) is 6.71. The van der Waals surface area contributed by atoms with Gasteiger partial charge in [0.1, 0.15) is 31.0 Å². The van der Waals surface area contributed by atoms with Gasteiger partial charge in [-0.25, -0.2) is 0 Å². The number of ether oxygens (including phenoxy) is 2. The molecule has 0 radical (unpaired) electrons. The van der Waals surface area contributed by atoms with E-state index in [1.165, 1.54) is 6.07 Å². The molecule has 2 heterocycles. The number of quaternary nitrogens is 1. The second kappa shape index (κ2) is 9.06. The first-order valence-electron chi connectivity index (χ1n) is 10.2. The molecule has 9 nitrogen and oxygen atoms in total. The van der Waals surface area contributed by atoms with E-state index in [4.69, 9.17) is 9.47 Å². The third-order valence-electron chi connectivity index (χ3n) is 5.24. The number of hydrogen-bond acceptors (Lipinski definition) is 6. The molecule has 4 atom stereocenters. The maximum absolute atomic E-state index is 12.5. The lowest BCUT2D eigenvalue weighted by atomic mass is 10.1. The molecule has 0 spiro atoms. The van der Waals surface area contributed by atoms with Gasteiger partial charge in [0.05, 0.1) is 17.1 Å². The van der Waals surface area contributed by atoms with E-state index in [1.807, 2.05) is 32.6 Å². The van der Waals surface area contributed by atoms with Gasteiger partial charge >= 0.3 is 0 Å². The molecule has 2 aliphatic heterocycles. The van der Waals surface area contributed by atoms with Crippen molar-refractivity contribution < 1.29 is 24.1 Å². The number of carbonyl (C=O) groups excluding carboxylic acids is 1. The van der Waals surface area contributed by atoms with Crippen LogP contribution in [-0.4, -0.2) is 68.0 Å². The molecule has 2 fully saturated rings. The van der Waals surface area contributed by atoms with Gasteiger partial charge < -0.3 is 24.6 Å². The molecule has 3 rings (SSSR count). The zero-order valence-corrected chi connectivity index (χ0v) is 17.5. The molecule has 0 aromatic heterocycles. The van der Waals surface area contributed by atoms with Gasteiger partial charge in [-0.05, 0) is 39.8 Å². The van der Waals surface area contributed by atoms with Crippen molar-refractivity contribution >= 4 is 23.0 Å². The molecule has 0 saturated carbocycles. The number of hydrogen-bond donors (Lipinski definition) is 2. The van der Waals surface area contributed by atoms with E-state index in [9.17, 15) is 14.9 Å². The van der Waals surface area contributed by atoms with Crippen molar-refractivity contribution in [3.05, 3.63) is 28.3 Å². The highest BCUT2D eigenvalue weighted by molar-refractivity contribution is 5.92. The Morgan fingerprint density at radius 2 is 1.72 bits per heavy atom. The Balaban J connectivity index is 1.69. The molecule has 1 aromatic carbocycles. The highest BCUT2D eigenvalue weighted by Gasteiger charge is 2.29. The summed E-state index contributed by atoms with van der Waals surface area (Å²) in [6.45, 7) is 10.9. The van der Waals surface area contributed by atoms with E-state index in [1.54, 1.807) is 12.1 Å². The van der Waals surface area contributed by atoms with E-state index < -0.39 is 4.92 Å². The summed E-state index contributed by atoms with van der Waals surface area (Å²) in [4.78, 5) is 26.9. The third kappa shape index (κ3) is 5.65. The quantitative estimate of drug-likeness (QED) is 0.554. The number of benzene rings is 1. The van der Waals surface area contributed by atoms with Crippen molar-refractivity contribution in [3.63, 3.8) is 0 Å². The van der Waals surface area contributed by atoms with Crippen LogP contribution >= 0.6 is 0 Å². The van der Waals surface area contributed by atoms with Crippen molar-refractivity contribution in [2.45, 2.75) is 52.1 Å². The van der Waals surface area contributed by atoms with Crippen LogP contribution in [0.15, 0.2) is 18.2 Å². The minimum atomic E-state index is -0.396. The van der Waals surface area contributed by atoms with Crippen LogP contribution in [0, 0.1) is 10.1 Å². The van der Waals surface area contributed by atoms with Crippen LogP contribution in [0.4, 0.5) is 17.1 Å². The molecule has 9 heteroatoms. The molecule has 0 aliphatic carbocycles. The first kappa shape index (κ1) is 21.5. The number of amides is 1. The lowest BCUT2D eigenvalue weighted by Gasteiger charge is -2.36. The minimum Gasteiger partial charge on any atom is -0.372 e. The number of nitrogens with zero attached hydrogens (tertiary/aromatic N) is 2. The van der Waals surface area contributed by atoms with Crippen molar-refractivity contribution in [3.8, 4) is 0 Å². The van der Waals surface area contributed by atoms with E-state index in [-0.39, 0.29) is 36.0 Å². The van der Waals surface area contributed by atoms with Gasteiger partial charge in [0.15, 0.2) is 6.54 Å². The molecule has 1 amide bonds. The molecule has 2 aliphatic rings. The van der Waals surface area contributed by atoms with E-state index >= 15 is 0 Å². The Morgan fingerprint density at radius 1 is 1.14 bits per heavy atom. The Morgan fingerprint density at radius 3 is 2.31 bits per heavy atom. The second-order valence-corrected chi connectivity index (χ2v) is 8.26. The van der Waals surface area contributed by atoms with Crippen molar-refractivity contribution in [1.82, 2.24) is 0 Å². The van der Waals surface area contributed by atoms with Crippen LogP contribution < -0.4 is 15.1 Å². The highest BCUT2D eigenvalue weighted by Crippen LogP contribution is 2.33. The number of morpholine rings is 2. The average Bonchev–Trinajstić information content (AvgIpc) is 2.59. The fourth-order valence-electron chi connectivity index (χ4n) is 4.36. The molecule has 160 valence electrons. The van der Waals surface area contributed by atoms with Gasteiger partial charge in [-0.2, -0.15) is 0 Å². The molecule has 2 N–H and O–H groups in total. The summed E-state index contributed by atoms with van der Waals surface area (Å²) in [5.74, 6) is -0.156. The van der Waals surface area contributed by atoms with Crippen LogP contribution in [-0.2, 0) is 14.3 Å². The van der Waals surface area contributed by atoms with E-state index in [0.29, 0.717) is 31.0 Å². The largest absolute Gasteiger partial charge is 0.372 e. The molecular formula is C20H31N4O5+. The SMILES string of the molecule is C[C@@H]1CN(c2ccc(NC(=O)C[NH+]3C[C@H](C)O[C@@H](C)C3)cc2[N+](=O)[O-])C[C@H](C)O1. The molecule has 0 unspecified atom stereocenters. The van der Waals surface area contributed by atoms with Gasteiger partial charge in [0.2, 0.25) is 0 Å². The van der Waals surface area contributed by atoms with Crippen molar-refractivity contribution in [1.29, 1.82) is 0 Å². The fourth-order valence-corrected chi connectivity index (χ4v) is 4.36. The second-order valence-electron chi connectivity index (χ2n) is 8.26. The van der Waals surface area contributed by atoms with Crippen LogP contribution in [0.5, 0.6) is 0 Å². The zero-order valence-electron chi connectivity index (χ0n) is 17.5. The van der Waals surface area contributed by atoms with Crippen LogP contribution in [0.25, 0.3) is 0 Å². The summed E-state index contributed by atoms with van der Waals surface area (Å²) < 4.78 is 11.4. The van der Waals surface area contributed by atoms with Gasteiger partial charge in [-0.3, -0.25) is 14.9 Å². The minimum absolute atomic E-state index is 0.000913. The highest BCUT2D eigenvalue weighted by atomic mass is 16.6. The van der Waals surface area contributed by atoms with E-state index in [0.717, 1.165) is 18.0 Å². The lowest BCUT2D eigenvalue weighted by molar-refractivity contribution is -0.907. The number of nitro groups is 1. The predicted octanol–water partition coefficient (Wildman–Crippen LogP) is 0.839. The van der Waals surface area contributed by atoms with Crippen LogP contribution in [0.1, 0.15) is 27.7 Å². The Labute approximate surface area is 171 Å². The number of nitrogens with one attached hydrogen (secondary N) is 2. The fraction of sp³-hybridized carbons (Fsp3) is 0.650. The number of nitro benzene ring substituents is 1. The maximum atomic E-state index is 12.5. The van der Waals surface area contributed by atoms with Crippen molar-refractivity contribution in [2.24, 2.45) is 0 Å². The average molecular weight is 407 g/mol. The van der Waals surface area contributed by atoms with Gasteiger partial charge in [0, 0.05) is 24.8 Å². The standard InChI is InChI=1S/C20H30N4O5/c1-13-8-22(9-14(2)28-13)12-20(25)21-17-5-6-18(19(7-17)24(26)27)23-10-15(3)29-16(4)11-23/h5-7,13-16H,8-12H2,1-4H3,(H,21,25)/p+1/t13-,14-,15-,16+/m0/s1. The van der Waals surface area contributed by atoms with Gasteiger partial charge in [0.25, 0.3) is 11.6 Å². The Bertz CT molecular complexity index is 738. The molecular weight excluding hydrogens is 376 g/mol. The third-order valence-corrected chi connectivity index (χ3v) is 5.24. The molecule has 2 saturated heterocycles. The molecule has 1 aromatic rings. The first-order valence-corrected chi connectivity index (χ1v) is 10.2. The molecule has 0 bridgehead atoms. The summed E-state index contributed by atoms with van der Waals surface area (Å²) in [5.41, 5.74) is 0.982. The van der Waals surface area contributed by atoms with Crippen LogP contribution in [0.3, 0.4) is 0 Å². The summed E-state index contributed by atoms with van der Waals surface area (Å²) >= 11 is 0. The zero-order chi connectivity index (χ0) is 21.1. The summed E-state index contributed by atoms with van der Waals surface area (Å²) in [6, 6.07) is 4.88. The van der Waals surface area contributed by atoms with Crippen LogP contribution in [0.2, 0.25) is 0 Å². The first-order chi connectivity index (χ1) is 13.7. The monoisotopic (exact) mass is 407 g/mol. The number of rotatable bonds is 5. The lowest BCUT2D eigenvalue weighted by Crippen LogP contribution is -3.16. The number of carbonyl (C=O) groups is 1. The smallest absolute Gasteiger partial charge is 0.294 e. The number of anilines is 2. The summed E-state index contributed by atoms with van der Waals surface area (Å²) in [7, 11) is 0.